The third-order valence-corrected chi connectivity index (χ3v) is 3.97. The Kier molecular flexibility index (Phi) is 3.25. The normalized spacial score (nSPS) is 15.1. The van der Waals surface area contributed by atoms with Crippen LogP contribution < -0.4 is 5.32 Å². The third kappa shape index (κ3) is 2.96. The lowest BCUT2D eigenvalue weighted by atomic mass is 10.1. The van der Waals surface area contributed by atoms with Gasteiger partial charge in [-0.1, -0.05) is 24.3 Å². The maximum atomic E-state index is 3.50. The molecule has 0 amide bonds. The molecular formula is C15H17NS. The van der Waals surface area contributed by atoms with E-state index >= 15 is 0 Å². The van der Waals surface area contributed by atoms with E-state index < -0.39 is 0 Å². The second-order valence-corrected chi connectivity index (χ2v) is 5.53. The van der Waals surface area contributed by atoms with Crippen molar-refractivity contribution in [3.05, 3.63) is 57.8 Å². The summed E-state index contributed by atoms with van der Waals surface area (Å²) in [5.74, 6) is 0.854. The maximum Gasteiger partial charge on any atom is 0.0216 e. The molecule has 1 aliphatic rings. The maximum absolute atomic E-state index is 3.50. The first kappa shape index (κ1) is 11.0. The quantitative estimate of drug-likeness (QED) is 0.839. The fourth-order valence-corrected chi connectivity index (χ4v) is 2.79. The van der Waals surface area contributed by atoms with Gasteiger partial charge >= 0.3 is 0 Å². The van der Waals surface area contributed by atoms with E-state index in [1.54, 1.807) is 11.3 Å². The molecule has 0 radical (unpaired) electrons. The van der Waals surface area contributed by atoms with E-state index in [1.807, 2.05) is 0 Å². The second kappa shape index (κ2) is 5.03. The number of hydrogen-bond acceptors (Lipinski definition) is 2. The lowest BCUT2D eigenvalue weighted by molar-refractivity contribution is 0.694. The molecule has 88 valence electrons. The highest BCUT2D eigenvalue weighted by Gasteiger charge is 2.23. The fraction of sp³-hybridized carbons (Fsp3) is 0.333. The van der Waals surface area contributed by atoms with Crippen LogP contribution in [0.3, 0.4) is 0 Å². The molecule has 1 heterocycles. The van der Waals surface area contributed by atoms with Crippen LogP contribution in [0, 0.1) is 0 Å². The fourth-order valence-electron chi connectivity index (χ4n) is 2.12. The van der Waals surface area contributed by atoms with Gasteiger partial charge in [0.15, 0.2) is 0 Å². The first-order valence-corrected chi connectivity index (χ1v) is 7.17. The van der Waals surface area contributed by atoms with Gasteiger partial charge in [-0.2, -0.15) is 11.3 Å². The molecule has 1 fully saturated rings. The standard InChI is InChI=1S/C15H17NS/c1-2-12(8-15(3-1)14-4-5-14)9-16-10-13-6-7-17-11-13/h1-3,6-8,11,14,16H,4-5,9-10H2. The Morgan fingerprint density at radius 1 is 1.12 bits per heavy atom. The predicted molar refractivity (Wildman–Crippen MR) is 73.3 cm³/mol. The molecule has 1 aliphatic carbocycles. The molecule has 0 aliphatic heterocycles. The Balaban J connectivity index is 1.55. The van der Waals surface area contributed by atoms with E-state index in [1.165, 1.54) is 29.5 Å². The van der Waals surface area contributed by atoms with Crippen LogP contribution in [0.5, 0.6) is 0 Å². The van der Waals surface area contributed by atoms with E-state index in [0.29, 0.717) is 0 Å². The van der Waals surface area contributed by atoms with Crippen molar-refractivity contribution >= 4 is 11.3 Å². The monoisotopic (exact) mass is 243 g/mol. The molecule has 3 rings (SSSR count). The Bertz CT molecular complexity index is 471. The Labute approximate surface area is 106 Å². The molecule has 1 saturated carbocycles. The lowest BCUT2D eigenvalue weighted by Crippen LogP contribution is -2.12. The molecule has 1 N–H and O–H groups in total. The summed E-state index contributed by atoms with van der Waals surface area (Å²) in [4.78, 5) is 0. The van der Waals surface area contributed by atoms with Gasteiger partial charge in [0.05, 0.1) is 0 Å². The highest BCUT2D eigenvalue weighted by atomic mass is 32.1. The summed E-state index contributed by atoms with van der Waals surface area (Å²) in [6, 6.07) is 11.2. The Morgan fingerprint density at radius 2 is 2.00 bits per heavy atom. The van der Waals surface area contributed by atoms with Crippen LogP contribution in [0.1, 0.15) is 35.4 Å². The van der Waals surface area contributed by atoms with Crippen molar-refractivity contribution in [3.8, 4) is 0 Å². The first-order valence-electron chi connectivity index (χ1n) is 6.22. The molecule has 0 spiro atoms. The minimum atomic E-state index is 0.854. The zero-order valence-corrected chi connectivity index (χ0v) is 10.7. The Morgan fingerprint density at radius 3 is 2.76 bits per heavy atom. The summed E-state index contributed by atoms with van der Waals surface area (Å²) in [6.45, 7) is 1.94. The van der Waals surface area contributed by atoms with Crippen molar-refractivity contribution < 1.29 is 0 Å². The Hall–Kier alpha value is -1.12. The molecule has 0 atom stereocenters. The van der Waals surface area contributed by atoms with Gasteiger partial charge in [0, 0.05) is 13.1 Å². The van der Waals surface area contributed by atoms with Crippen molar-refractivity contribution in [2.24, 2.45) is 0 Å². The molecule has 1 aromatic heterocycles. The highest BCUT2D eigenvalue weighted by Crippen LogP contribution is 2.40. The molecular weight excluding hydrogens is 226 g/mol. The van der Waals surface area contributed by atoms with Crippen LogP contribution >= 0.6 is 11.3 Å². The minimum absolute atomic E-state index is 0.854. The summed E-state index contributed by atoms with van der Waals surface area (Å²) in [6.07, 6.45) is 2.76. The highest BCUT2D eigenvalue weighted by molar-refractivity contribution is 7.07. The SMILES string of the molecule is c1cc(CNCc2ccsc2)cc(C2CC2)c1. The van der Waals surface area contributed by atoms with Crippen LogP contribution in [-0.2, 0) is 13.1 Å². The zero-order valence-electron chi connectivity index (χ0n) is 9.86. The molecule has 1 nitrogen and oxygen atoms in total. The van der Waals surface area contributed by atoms with Crippen LogP contribution in [0.4, 0.5) is 0 Å². The van der Waals surface area contributed by atoms with Crippen molar-refractivity contribution in [2.45, 2.75) is 31.8 Å². The molecule has 1 aromatic carbocycles. The summed E-state index contributed by atoms with van der Waals surface area (Å²) in [5, 5.41) is 7.83. The van der Waals surface area contributed by atoms with E-state index in [9.17, 15) is 0 Å². The smallest absolute Gasteiger partial charge is 0.0216 e. The minimum Gasteiger partial charge on any atom is -0.309 e. The summed E-state index contributed by atoms with van der Waals surface area (Å²) in [7, 11) is 0. The van der Waals surface area contributed by atoms with Crippen LogP contribution in [-0.4, -0.2) is 0 Å². The second-order valence-electron chi connectivity index (χ2n) is 4.75. The van der Waals surface area contributed by atoms with E-state index in [2.05, 4.69) is 46.4 Å². The third-order valence-electron chi connectivity index (χ3n) is 3.24. The summed E-state index contributed by atoms with van der Waals surface area (Å²) in [5.41, 5.74) is 4.32. The molecule has 0 saturated heterocycles. The van der Waals surface area contributed by atoms with E-state index in [0.717, 1.165) is 19.0 Å². The van der Waals surface area contributed by atoms with Crippen molar-refractivity contribution in [1.82, 2.24) is 5.32 Å². The van der Waals surface area contributed by atoms with Gasteiger partial charge in [0.1, 0.15) is 0 Å². The van der Waals surface area contributed by atoms with Crippen LogP contribution in [0.2, 0.25) is 0 Å². The molecule has 0 unspecified atom stereocenters. The topological polar surface area (TPSA) is 12.0 Å². The average molecular weight is 243 g/mol. The lowest BCUT2D eigenvalue weighted by Gasteiger charge is -2.06. The first-order chi connectivity index (χ1) is 8.42. The molecule has 0 bridgehead atoms. The van der Waals surface area contributed by atoms with Gasteiger partial charge in [-0.25, -0.2) is 0 Å². The number of thiophene rings is 1. The number of benzene rings is 1. The van der Waals surface area contributed by atoms with E-state index in [-0.39, 0.29) is 0 Å². The summed E-state index contributed by atoms with van der Waals surface area (Å²) >= 11 is 1.76. The molecule has 2 aromatic rings. The van der Waals surface area contributed by atoms with Crippen LogP contribution in [0.15, 0.2) is 41.1 Å². The van der Waals surface area contributed by atoms with Gasteiger partial charge in [-0.3, -0.25) is 0 Å². The van der Waals surface area contributed by atoms with Gasteiger partial charge in [-0.15, -0.1) is 0 Å². The summed E-state index contributed by atoms with van der Waals surface area (Å²) < 4.78 is 0. The van der Waals surface area contributed by atoms with Crippen molar-refractivity contribution in [2.75, 3.05) is 0 Å². The average Bonchev–Trinajstić information content (AvgIpc) is 3.09. The largest absolute Gasteiger partial charge is 0.309 e. The van der Waals surface area contributed by atoms with Crippen LogP contribution in [0.25, 0.3) is 0 Å². The molecule has 17 heavy (non-hydrogen) atoms. The van der Waals surface area contributed by atoms with Crippen molar-refractivity contribution in [1.29, 1.82) is 0 Å². The number of hydrogen-bond donors (Lipinski definition) is 1. The number of nitrogens with one attached hydrogen (secondary N) is 1. The zero-order chi connectivity index (χ0) is 11.5. The van der Waals surface area contributed by atoms with Crippen molar-refractivity contribution in [3.63, 3.8) is 0 Å². The molecule has 2 heteroatoms. The van der Waals surface area contributed by atoms with E-state index in [4.69, 9.17) is 0 Å². The number of rotatable bonds is 5. The predicted octanol–water partition coefficient (Wildman–Crippen LogP) is 3.92. The van der Waals surface area contributed by atoms with Gasteiger partial charge in [0.25, 0.3) is 0 Å². The van der Waals surface area contributed by atoms with Gasteiger partial charge in [-0.05, 0) is 52.3 Å². The van der Waals surface area contributed by atoms with Gasteiger partial charge in [0.2, 0.25) is 0 Å². The van der Waals surface area contributed by atoms with Gasteiger partial charge < -0.3 is 5.32 Å².